The Morgan fingerprint density at radius 3 is 1.85 bits per heavy atom. The number of halogens is 2. The summed E-state index contributed by atoms with van der Waals surface area (Å²) in [5.74, 6) is -15.3. The molecule has 7 aromatic carbocycles. The number of phenolic OH excluding ortho intramolecular Hbond substituents is 4. The largest absolute Gasteiger partial charge is 0.508 e. The first-order valence-electron chi connectivity index (χ1n) is 35.4. The third-order valence-corrected chi connectivity index (χ3v) is 20.5. The molecule has 0 spiro atoms. The third kappa shape index (κ3) is 17.5. The van der Waals surface area contributed by atoms with Crippen LogP contribution < -0.4 is 50.3 Å². The number of nitrogens with one attached hydrogen (secondary N) is 5. The number of carbonyl (C=O) groups is 7. The second-order valence-electron chi connectivity index (χ2n) is 28.0. The summed E-state index contributed by atoms with van der Waals surface area (Å²) in [4.78, 5) is 124. The van der Waals surface area contributed by atoms with Crippen molar-refractivity contribution in [2.75, 3.05) is 13.2 Å². The van der Waals surface area contributed by atoms with Crippen molar-refractivity contribution < 1.29 is 137 Å². The fraction of sp³-hybridized carbons (Fsp3) is 0.359. The Hall–Kier alpha value is -11.0. The fourth-order valence-corrected chi connectivity index (χ4v) is 14.6. The number of aliphatic hydroxyl groups is 7. The zero-order valence-corrected chi connectivity index (χ0v) is 61.7. The van der Waals surface area contributed by atoms with Crippen molar-refractivity contribution in [3.05, 3.63) is 164 Å². The van der Waals surface area contributed by atoms with Crippen molar-refractivity contribution in [1.82, 2.24) is 26.6 Å². The average Bonchev–Trinajstić information content (AvgIpc) is 0.768. The van der Waals surface area contributed by atoms with Gasteiger partial charge in [0.05, 0.1) is 53.2 Å². The highest BCUT2D eigenvalue weighted by atomic mass is 35.5. The van der Waals surface area contributed by atoms with Gasteiger partial charge in [0, 0.05) is 49.6 Å². The Labute approximate surface area is 651 Å². The summed E-state index contributed by atoms with van der Waals surface area (Å²) in [5.41, 5.74) is -0.458. The predicted molar refractivity (Wildman–Crippen MR) is 389 cm³/mol. The minimum absolute atomic E-state index is 0.0537. The second-order valence-corrected chi connectivity index (χ2v) is 28.8. The maximum absolute atomic E-state index is 16.7. The van der Waals surface area contributed by atoms with Crippen LogP contribution in [0.25, 0.3) is 11.1 Å². The van der Waals surface area contributed by atoms with E-state index in [1.807, 2.05) is 0 Å². The molecule has 0 aliphatic carbocycles. The summed E-state index contributed by atoms with van der Waals surface area (Å²) in [5, 5.41) is 136. The zero-order valence-electron chi connectivity index (χ0n) is 60.2. The Kier molecular flexibility index (Phi) is 24.6. The van der Waals surface area contributed by atoms with Gasteiger partial charge < -0.3 is 121 Å². The minimum atomic E-state index is -2.13. The van der Waals surface area contributed by atoms with Crippen LogP contribution >= 0.6 is 23.2 Å². The number of amides is 5. The molecule has 8 heterocycles. The van der Waals surface area contributed by atoms with Gasteiger partial charge in [-0.3, -0.25) is 33.6 Å². The zero-order chi connectivity index (χ0) is 81.3. The van der Waals surface area contributed by atoms with Crippen LogP contribution in [0.3, 0.4) is 0 Å². The number of rotatable bonds is 9. The molecular weight excluding hydrogens is 1530 g/mol. The van der Waals surface area contributed by atoms with Gasteiger partial charge in [0.1, 0.15) is 107 Å². The number of ether oxygens (including phenoxy) is 8. The van der Waals surface area contributed by atoms with Crippen LogP contribution in [0, 0.1) is 0 Å². The van der Waals surface area contributed by atoms with Gasteiger partial charge in [-0.1, -0.05) is 47.5 Å². The summed E-state index contributed by atoms with van der Waals surface area (Å²) >= 11 is 14.5. The topological polar surface area (TPSA) is 510 Å². The van der Waals surface area contributed by atoms with Crippen molar-refractivity contribution in [3.8, 4) is 80.1 Å². The van der Waals surface area contributed by atoms with Crippen molar-refractivity contribution in [2.45, 2.75) is 163 Å². The highest BCUT2D eigenvalue weighted by Gasteiger charge is 2.50. The van der Waals surface area contributed by atoms with Gasteiger partial charge in [0.15, 0.2) is 40.9 Å². The molecule has 33 nitrogen and oxygen atoms in total. The molecule has 17 bridgehead atoms. The Balaban J connectivity index is 0.00000388. The Morgan fingerprint density at radius 2 is 1.19 bits per heavy atom. The molecule has 8 aliphatic heterocycles. The first-order chi connectivity index (χ1) is 53.8. The molecule has 596 valence electrons. The maximum Gasteiger partial charge on any atom is 0.373 e. The SMILES string of the molecule is CC(=O)NC1[C@H](OC2c3ccc(c(Cl)c3)Oc3cc4cc(c3OC(C)C)Oc3ccc(cc3Cl)C[C@H]3NC(=O)C(C)c5ccc(O)c(c5)Oc5cc(O)cc(c5)[C@H](CC3=O)C(=O)N[C@H]4C(=O)C[C@H]3C(=O)N[C@@H]2C(=O)NCc2cc(O)cc(O[C@H]4OC(CO)[C@@H](O)C(O)[C@H]4O)c2-c2cc3ccc2O)OC(CO)[C@@H](O)[C@@H]1O.O=C=O. The van der Waals surface area contributed by atoms with Crippen LogP contribution in [0.4, 0.5) is 0 Å². The van der Waals surface area contributed by atoms with Gasteiger partial charge in [-0.2, -0.15) is 9.59 Å². The molecule has 16 N–H and O–H groups in total. The molecule has 5 amide bonds. The normalized spacial score (nSPS) is 27.0. The van der Waals surface area contributed by atoms with Crippen molar-refractivity contribution in [2.24, 2.45) is 0 Å². The van der Waals surface area contributed by atoms with Crippen LogP contribution in [-0.4, -0.2) is 196 Å². The molecule has 0 radical (unpaired) electrons. The van der Waals surface area contributed by atoms with Crippen LogP contribution in [0.2, 0.25) is 10.0 Å². The predicted octanol–water partition coefficient (Wildman–Crippen LogP) is 4.17. The van der Waals surface area contributed by atoms with Gasteiger partial charge in [-0.25, -0.2) is 0 Å². The van der Waals surface area contributed by atoms with Crippen LogP contribution in [-0.2, 0) is 70.3 Å². The van der Waals surface area contributed by atoms with E-state index in [-0.39, 0.29) is 108 Å². The molecule has 8 aliphatic rings. The minimum Gasteiger partial charge on any atom is -0.508 e. The van der Waals surface area contributed by atoms with Gasteiger partial charge in [0.25, 0.3) is 0 Å². The highest BCUT2D eigenvalue weighted by Crippen LogP contribution is 2.50. The summed E-state index contributed by atoms with van der Waals surface area (Å²) < 4.78 is 50.9. The monoisotopic (exact) mass is 1600 g/mol. The Morgan fingerprint density at radius 1 is 0.584 bits per heavy atom. The fourth-order valence-electron chi connectivity index (χ4n) is 14.2. The number of benzene rings is 7. The molecule has 0 aromatic heterocycles. The number of phenols is 4. The van der Waals surface area contributed by atoms with Crippen LogP contribution in [0.1, 0.15) is 109 Å². The maximum atomic E-state index is 16.7. The standard InChI is InChI=1S/C77H77Cl2N5O26.CO2/c1-30(2)103-71-57-21-38-22-58(71)106-54-12-8-36(19-47(54)79)70(110-76-63(81-32(4)87)67(96)65(94)59(28-85)108-76)64-75(102)80-27-39-16-41(89)24-56(107-77-69(98)68(97)66(95)60(29-86)109-77)61(39)45-18-35(7-9-49(45)90)43(73(100)84-64)26-52(93)62(38)83-74(101)44-25-51(92)48(14-33-5-11-53(105-57)46(78)13-33)82-72(99)31(3)34-6-10-50(91)55(20-34)104-42-17-37(44)15-40(88)23-42;2-1-3/h5-13,15-24,30-31,43-44,48,59-60,62-70,76-77,85-86,88-91,94-98H,14,25-29H2,1-4H3,(H,80,102)(H,81,87)(H,82,99)(H,83,101)(H,84,100);/t31?,43-,44+,48-,59?,60?,62-,63?,64+,65-,66-,67-,68?,69-,70?,76+,77+;/m1./s1. The molecule has 35 heteroatoms. The van der Waals surface area contributed by atoms with E-state index in [1.54, 1.807) is 26.8 Å². The summed E-state index contributed by atoms with van der Waals surface area (Å²) in [6.45, 7) is 3.43. The quantitative estimate of drug-likeness (QED) is 0.0964. The van der Waals surface area contributed by atoms with E-state index in [1.165, 1.54) is 78.9 Å². The van der Waals surface area contributed by atoms with Gasteiger partial charge in [-0.15, -0.1) is 0 Å². The first kappa shape index (κ1) is 81.5. The lowest BCUT2D eigenvalue weighted by Gasteiger charge is -2.44. The van der Waals surface area contributed by atoms with Gasteiger partial charge >= 0.3 is 6.15 Å². The number of hydrogen-bond donors (Lipinski definition) is 16. The van der Waals surface area contributed by atoms with Crippen molar-refractivity contribution >= 4 is 70.5 Å². The number of carbonyl (C=O) groups excluding carboxylic acids is 9. The van der Waals surface area contributed by atoms with E-state index < -0.39 is 206 Å². The van der Waals surface area contributed by atoms with Crippen molar-refractivity contribution in [3.63, 3.8) is 0 Å². The molecule has 15 rings (SSSR count). The van der Waals surface area contributed by atoms with E-state index in [2.05, 4.69) is 26.6 Å². The van der Waals surface area contributed by atoms with Crippen LogP contribution in [0.5, 0.6) is 69.0 Å². The summed E-state index contributed by atoms with van der Waals surface area (Å²) in [6.07, 6.45) is -21.4. The number of Topliss-reactive ketones (excluding diaryl/α,β-unsaturated/α-hetero) is 2. The van der Waals surface area contributed by atoms with Gasteiger partial charge in [-0.05, 0) is 145 Å². The van der Waals surface area contributed by atoms with E-state index in [0.717, 1.165) is 37.3 Å². The van der Waals surface area contributed by atoms with E-state index >= 15 is 24.0 Å². The lowest BCUT2D eigenvalue weighted by atomic mass is 9.85. The number of fused-ring (bicyclic) bond motifs is 14. The third-order valence-electron chi connectivity index (χ3n) is 19.9. The second kappa shape index (κ2) is 34.1. The van der Waals surface area contributed by atoms with Crippen molar-refractivity contribution in [1.29, 1.82) is 0 Å². The van der Waals surface area contributed by atoms with Gasteiger partial charge in [0.2, 0.25) is 41.6 Å². The van der Waals surface area contributed by atoms with E-state index in [0.29, 0.717) is 11.1 Å². The molecular formula is C78H77Cl2N5O28. The molecule has 0 saturated carbocycles. The lowest BCUT2D eigenvalue weighted by Crippen LogP contribution is -2.65. The van der Waals surface area contributed by atoms with Crippen LogP contribution in [0.15, 0.2) is 115 Å². The molecule has 6 unspecified atom stereocenters. The number of aliphatic hydroxyl groups excluding tert-OH is 7. The molecule has 2 fully saturated rings. The average molecular weight is 1600 g/mol. The number of ketones is 2. The summed E-state index contributed by atoms with van der Waals surface area (Å²) in [6, 6.07) is 17.1. The lowest BCUT2D eigenvalue weighted by molar-refractivity contribution is -0.284. The molecule has 7 aromatic rings. The molecule has 113 heavy (non-hydrogen) atoms. The first-order valence-corrected chi connectivity index (χ1v) is 36.2. The van der Waals surface area contributed by atoms with E-state index in [4.69, 9.17) is 70.7 Å². The smallest absolute Gasteiger partial charge is 0.373 e. The summed E-state index contributed by atoms with van der Waals surface area (Å²) in [7, 11) is 0. The number of aromatic hydroxyl groups is 4. The molecule has 17 atom stereocenters. The van der Waals surface area contributed by atoms with E-state index in [9.17, 15) is 65.8 Å². The number of hydrogen-bond acceptors (Lipinski definition) is 28. The molecule has 2 saturated heterocycles. The Bertz CT molecular complexity index is 4900. The highest BCUT2D eigenvalue weighted by molar-refractivity contribution is 6.32.